The molecule has 0 amide bonds. The number of rotatable bonds is 9. The Morgan fingerprint density at radius 2 is 1.85 bits per heavy atom. The predicted molar refractivity (Wildman–Crippen MR) is 61.7 cm³/mol. The highest BCUT2D eigenvalue weighted by Crippen LogP contribution is 2.17. The molecule has 0 rings (SSSR count). The van der Waals surface area contributed by atoms with Crippen molar-refractivity contribution in [1.82, 2.24) is 0 Å². The average molecular weight is 181 g/mol. The van der Waals surface area contributed by atoms with E-state index in [0.29, 0.717) is 0 Å². The van der Waals surface area contributed by atoms with Crippen molar-refractivity contribution in [3.05, 3.63) is 19.1 Å². The molecular formula is C13H25. The van der Waals surface area contributed by atoms with Gasteiger partial charge >= 0.3 is 0 Å². The largest absolute Gasteiger partial charge is 0.103 e. The van der Waals surface area contributed by atoms with Crippen LogP contribution < -0.4 is 0 Å². The lowest BCUT2D eigenvalue weighted by Crippen LogP contribution is -1.97. The quantitative estimate of drug-likeness (QED) is 0.355. The van der Waals surface area contributed by atoms with Gasteiger partial charge in [0, 0.05) is 0 Å². The fourth-order valence-electron chi connectivity index (χ4n) is 1.64. The van der Waals surface area contributed by atoms with Crippen molar-refractivity contribution in [2.24, 2.45) is 5.92 Å². The third kappa shape index (κ3) is 8.08. The minimum absolute atomic E-state index is 0.777. The molecule has 0 aliphatic rings. The number of hydrogen-bond donors (Lipinski definition) is 0. The summed E-state index contributed by atoms with van der Waals surface area (Å²) in [6.45, 7) is 8.22. The average Bonchev–Trinajstić information content (AvgIpc) is 2.16. The lowest BCUT2D eigenvalue weighted by molar-refractivity contribution is 0.505. The maximum atomic E-state index is 3.79. The maximum absolute atomic E-state index is 3.79. The maximum Gasteiger partial charge on any atom is -0.0322 e. The second-order valence-corrected chi connectivity index (χ2v) is 3.82. The first kappa shape index (κ1) is 12.7. The summed E-state index contributed by atoms with van der Waals surface area (Å²) in [5.41, 5.74) is 0. The van der Waals surface area contributed by atoms with Gasteiger partial charge in [-0.15, -0.1) is 6.58 Å². The third-order valence-electron chi connectivity index (χ3n) is 2.62. The van der Waals surface area contributed by atoms with Crippen LogP contribution in [-0.4, -0.2) is 0 Å². The Kier molecular flexibility index (Phi) is 9.63. The molecule has 0 saturated carbocycles. The Hall–Kier alpha value is -0.260. The van der Waals surface area contributed by atoms with Crippen LogP contribution >= 0.6 is 0 Å². The van der Waals surface area contributed by atoms with Crippen molar-refractivity contribution < 1.29 is 0 Å². The van der Waals surface area contributed by atoms with E-state index in [4.69, 9.17) is 0 Å². The fraction of sp³-hybridized carbons (Fsp3) is 0.769. The molecule has 0 spiro atoms. The molecule has 0 aliphatic heterocycles. The van der Waals surface area contributed by atoms with E-state index in [1.165, 1.54) is 38.5 Å². The van der Waals surface area contributed by atoms with Gasteiger partial charge in [0.25, 0.3) is 0 Å². The third-order valence-corrected chi connectivity index (χ3v) is 2.62. The molecule has 0 heterocycles. The van der Waals surface area contributed by atoms with Gasteiger partial charge in [-0.05, 0) is 25.2 Å². The van der Waals surface area contributed by atoms with Crippen molar-refractivity contribution in [3.63, 3.8) is 0 Å². The fourth-order valence-corrected chi connectivity index (χ4v) is 1.64. The van der Waals surface area contributed by atoms with E-state index in [0.717, 1.165) is 12.3 Å². The summed E-state index contributed by atoms with van der Waals surface area (Å²) in [5, 5.41) is 0. The first-order chi connectivity index (χ1) is 6.35. The van der Waals surface area contributed by atoms with Gasteiger partial charge < -0.3 is 0 Å². The molecule has 1 radical (unpaired) electrons. The first-order valence-corrected chi connectivity index (χ1v) is 5.75. The van der Waals surface area contributed by atoms with Gasteiger partial charge in [-0.1, -0.05) is 52.0 Å². The van der Waals surface area contributed by atoms with Crippen LogP contribution in [0.25, 0.3) is 0 Å². The van der Waals surface area contributed by atoms with Gasteiger partial charge in [0.05, 0.1) is 0 Å². The van der Waals surface area contributed by atoms with E-state index in [2.05, 4.69) is 26.8 Å². The highest BCUT2D eigenvalue weighted by Gasteiger charge is 2.02. The van der Waals surface area contributed by atoms with Gasteiger partial charge in [-0.3, -0.25) is 0 Å². The summed E-state index contributed by atoms with van der Waals surface area (Å²) in [4.78, 5) is 0. The molecule has 0 aromatic rings. The highest BCUT2D eigenvalue weighted by molar-refractivity contribution is 4.79. The van der Waals surface area contributed by atoms with Crippen molar-refractivity contribution in [2.45, 2.75) is 58.8 Å². The van der Waals surface area contributed by atoms with Crippen molar-refractivity contribution >= 4 is 0 Å². The van der Waals surface area contributed by atoms with E-state index in [-0.39, 0.29) is 0 Å². The SMILES string of the molecule is C=CCC([CH]C)CCCCCCC. The van der Waals surface area contributed by atoms with Crippen molar-refractivity contribution in [3.8, 4) is 0 Å². The minimum Gasteiger partial charge on any atom is -0.103 e. The summed E-state index contributed by atoms with van der Waals surface area (Å²) in [6, 6.07) is 0. The van der Waals surface area contributed by atoms with Gasteiger partial charge in [-0.25, -0.2) is 0 Å². The second kappa shape index (κ2) is 9.83. The van der Waals surface area contributed by atoms with Crippen LogP contribution in [0.2, 0.25) is 0 Å². The van der Waals surface area contributed by atoms with Crippen LogP contribution in [0.5, 0.6) is 0 Å². The van der Waals surface area contributed by atoms with Gasteiger partial charge in [0.15, 0.2) is 0 Å². The second-order valence-electron chi connectivity index (χ2n) is 3.82. The van der Waals surface area contributed by atoms with Crippen LogP contribution in [0.4, 0.5) is 0 Å². The molecule has 1 atom stereocenters. The number of hydrogen-bond acceptors (Lipinski definition) is 0. The van der Waals surface area contributed by atoms with Gasteiger partial charge in [0.1, 0.15) is 0 Å². The summed E-state index contributed by atoms with van der Waals surface area (Å²) in [5.74, 6) is 0.777. The van der Waals surface area contributed by atoms with Crippen molar-refractivity contribution in [2.75, 3.05) is 0 Å². The molecule has 0 bridgehead atoms. The summed E-state index contributed by atoms with van der Waals surface area (Å²) in [6.07, 6.45) is 13.8. The summed E-state index contributed by atoms with van der Waals surface area (Å²) < 4.78 is 0. The Labute approximate surface area is 84.4 Å². The molecule has 13 heavy (non-hydrogen) atoms. The van der Waals surface area contributed by atoms with Crippen LogP contribution in [0.1, 0.15) is 58.8 Å². The lowest BCUT2D eigenvalue weighted by atomic mass is 9.95. The highest BCUT2D eigenvalue weighted by atomic mass is 14.1. The summed E-state index contributed by atoms with van der Waals surface area (Å²) >= 11 is 0. The van der Waals surface area contributed by atoms with Crippen LogP contribution in [0.3, 0.4) is 0 Å². The molecule has 0 heteroatoms. The number of allylic oxidation sites excluding steroid dienone is 1. The molecule has 0 aromatic carbocycles. The molecule has 0 aromatic heterocycles. The van der Waals surface area contributed by atoms with E-state index >= 15 is 0 Å². The number of unbranched alkanes of at least 4 members (excludes halogenated alkanes) is 4. The van der Waals surface area contributed by atoms with Crippen LogP contribution in [0, 0.1) is 12.3 Å². The molecule has 77 valence electrons. The zero-order chi connectivity index (χ0) is 9.94. The Morgan fingerprint density at radius 3 is 2.38 bits per heavy atom. The van der Waals surface area contributed by atoms with E-state index in [1.54, 1.807) is 0 Å². The molecular weight excluding hydrogens is 156 g/mol. The molecule has 0 aliphatic carbocycles. The summed E-state index contributed by atoms with van der Waals surface area (Å²) in [7, 11) is 0. The zero-order valence-electron chi connectivity index (χ0n) is 9.39. The Balaban J connectivity index is 3.22. The molecule has 0 nitrogen and oxygen atoms in total. The molecule has 0 saturated heterocycles. The van der Waals surface area contributed by atoms with E-state index < -0.39 is 0 Å². The van der Waals surface area contributed by atoms with Crippen molar-refractivity contribution in [1.29, 1.82) is 0 Å². The predicted octanol–water partition coefficient (Wildman–Crippen LogP) is 4.76. The lowest BCUT2D eigenvalue weighted by Gasteiger charge is -2.11. The monoisotopic (exact) mass is 181 g/mol. The zero-order valence-corrected chi connectivity index (χ0v) is 9.39. The van der Waals surface area contributed by atoms with Gasteiger partial charge in [0.2, 0.25) is 0 Å². The minimum atomic E-state index is 0.777. The van der Waals surface area contributed by atoms with Gasteiger partial charge in [-0.2, -0.15) is 0 Å². The smallest absolute Gasteiger partial charge is 0.0322 e. The normalized spacial score (nSPS) is 12.8. The van der Waals surface area contributed by atoms with Crippen LogP contribution in [0.15, 0.2) is 12.7 Å². The Morgan fingerprint density at radius 1 is 1.15 bits per heavy atom. The molecule has 0 N–H and O–H groups in total. The van der Waals surface area contributed by atoms with Crippen LogP contribution in [-0.2, 0) is 0 Å². The molecule has 1 unspecified atom stereocenters. The topological polar surface area (TPSA) is 0 Å². The van der Waals surface area contributed by atoms with E-state index in [9.17, 15) is 0 Å². The van der Waals surface area contributed by atoms with E-state index in [1.807, 2.05) is 6.08 Å². The first-order valence-electron chi connectivity index (χ1n) is 5.75. The Bertz CT molecular complexity index is 105. The molecule has 0 fully saturated rings. The standard InChI is InChI=1S/C13H25/c1-4-7-8-9-10-12-13(6-3)11-5-2/h5-6,13H,2,4,7-12H2,1,3H3.